The van der Waals surface area contributed by atoms with E-state index in [9.17, 15) is 0 Å². The van der Waals surface area contributed by atoms with Crippen molar-refractivity contribution >= 4 is 0 Å². The summed E-state index contributed by atoms with van der Waals surface area (Å²) in [5, 5.41) is 3.79. The van der Waals surface area contributed by atoms with Gasteiger partial charge in [-0.05, 0) is 50.5 Å². The van der Waals surface area contributed by atoms with Crippen LogP contribution in [0.2, 0.25) is 0 Å². The molecule has 2 aliphatic rings. The van der Waals surface area contributed by atoms with Crippen molar-refractivity contribution in [2.75, 3.05) is 19.8 Å². The maximum atomic E-state index is 5.46. The highest BCUT2D eigenvalue weighted by molar-refractivity contribution is 4.88. The standard InChI is InChI=1S/C13H25NO/c1-2-8-14-13(11-4-3-5-11)12-6-9-15-10-7-12/h11-14H,2-10H2,1H3. The second-order valence-corrected chi connectivity index (χ2v) is 5.12. The fourth-order valence-corrected chi connectivity index (χ4v) is 2.90. The van der Waals surface area contributed by atoms with Crippen LogP contribution in [0.3, 0.4) is 0 Å². The van der Waals surface area contributed by atoms with Crippen molar-refractivity contribution in [3.05, 3.63) is 0 Å². The molecule has 0 amide bonds. The molecule has 0 aromatic carbocycles. The summed E-state index contributed by atoms with van der Waals surface area (Å²) in [5.74, 6) is 1.86. The highest BCUT2D eigenvalue weighted by Gasteiger charge is 2.33. The van der Waals surface area contributed by atoms with E-state index in [4.69, 9.17) is 4.74 Å². The minimum absolute atomic E-state index is 0.794. The Morgan fingerprint density at radius 2 is 1.80 bits per heavy atom. The Bertz CT molecular complexity index is 173. The maximum absolute atomic E-state index is 5.46. The van der Waals surface area contributed by atoms with Crippen LogP contribution < -0.4 is 5.32 Å². The van der Waals surface area contributed by atoms with Crippen molar-refractivity contribution in [2.45, 2.75) is 51.5 Å². The summed E-state index contributed by atoms with van der Waals surface area (Å²) in [6.45, 7) is 5.43. The normalized spacial score (nSPS) is 26.2. The summed E-state index contributed by atoms with van der Waals surface area (Å²) in [7, 11) is 0. The summed E-state index contributed by atoms with van der Waals surface area (Å²) in [6, 6.07) is 0.794. The van der Waals surface area contributed by atoms with Gasteiger partial charge in [0.05, 0.1) is 0 Å². The molecule has 0 radical (unpaired) electrons. The molecule has 1 heterocycles. The van der Waals surface area contributed by atoms with Gasteiger partial charge in [-0.25, -0.2) is 0 Å². The van der Waals surface area contributed by atoms with Gasteiger partial charge in [-0.1, -0.05) is 13.3 Å². The van der Waals surface area contributed by atoms with Crippen molar-refractivity contribution in [2.24, 2.45) is 11.8 Å². The highest BCUT2D eigenvalue weighted by atomic mass is 16.5. The molecule has 0 spiro atoms. The Morgan fingerprint density at radius 1 is 1.13 bits per heavy atom. The summed E-state index contributed by atoms with van der Waals surface area (Å²) in [4.78, 5) is 0. The third kappa shape index (κ3) is 2.94. The molecule has 1 unspecified atom stereocenters. The number of nitrogens with one attached hydrogen (secondary N) is 1. The monoisotopic (exact) mass is 211 g/mol. The Labute approximate surface area is 93.8 Å². The van der Waals surface area contributed by atoms with Crippen LogP contribution in [-0.4, -0.2) is 25.8 Å². The number of hydrogen-bond acceptors (Lipinski definition) is 2. The first-order valence-electron chi connectivity index (χ1n) is 6.73. The number of ether oxygens (including phenoxy) is 1. The zero-order valence-electron chi connectivity index (χ0n) is 10.0. The second-order valence-electron chi connectivity index (χ2n) is 5.12. The van der Waals surface area contributed by atoms with E-state index in [1.165, 1.54) is 45.1 Å². The first-order chi connectivity index (χ1) is 7.42. The van der Waals surface area contributed by atoms with Gasteiger partial charge < -0.3 is 10.1 Å². The van der Waals surface area contributed by atoms with E-state index < -0.39 is 0 Å². The van der Waals surface area contributed by atoms with Gasteiger partial charge >= 0.3 is 0 Å². The van der Waals surface area contributed by atoms with Gasteiger partial charge in [-0.15, -0.1) is 0 Å². The molecule has 1 atom stereocenters. The summed E-state index contributed by atoms with van der Waals surface area (Å²) >= 11 is 0. The lowest BCUT2D eigenvalue weighted by atomic mass is 9.73. The van der Waals surface area contributed by atoms with E-state index in [0.717, 1.165) is 31.1 Å². The van der Waals surface area contributed by atoms with E-state index in [2.05, 4.69) is 12.2 Å². The lowest BCUT2D eigenvalue weighted by Gasteiger charge is -2.40. The van der Waals surface area contributed by atoms with Crippen molar-refractivity contribution in [3.63, 3.8) is 0 Å². The molecule has 1 saturated heterocycles. The maximum Gasteiger partial charge on any atom is 0.0469 e. The average molecular weight is 211 g/mol. The molecule has 0 aromatic rings. The van der Waals surface area contributed by atoms with Crippen LogP contribution in [0.4, 0.5) is 0 Å². The molecule has 1 N–H and O–H groups in total. The predicted octanol–water partition coefficient (Wildman–Crippen LogP) is 2.58. The van der Waals surface area contributed by atoms with Crippen LogP contribution in [0.1, 0.15) is 45.4 Å². The van der Waals surface area contributed by atoms with Gasteiger partial charge in [-0.2, -0.15) is 0 Å². The van der Waals surface area contributed by atoms with E-state index in [1.54, 1.807) is 0 Å². The molecule has 1 aliphatic heterocycles. The molecular weight excluding hydrogens is 186 g/mol. The number of rotatable bonds is 5. The molecule has 2 fully saturated rings. The Morgan fingerprint density at radius 3 is 2.33 bits per heavy atom. The van der Waals surface area contributed by atoms with Gasteiger partial charge in [-0.3, -0.25) is 0 Å². The van der Waals surface area contributed by atoms with E-state index in [0.29, 0.717) is 0 Å². The quantitative estimate of drug-likeness (QED) is 0.754. The molecule has 2 heteroatoms. The van der Waals surface area contributed by atoms with Crippen LogP contribution in [0, 0.1) is 11.8 Å². The molecule has 88 valence electrons. The highest BCUT2D eigenvalue weighted by Crippen LogP contribution is 2.35. The van der Waals surface area contributed by atoms with Gasteiger partial charge in [0.25, 0.3) is 0 Å². The molecule has 15 heavy (non-hydrogen) atoms. The van der Waals surface area contributed by atoms with E-state index in [-0.39, 0.29) is 0 Å². The molecule has 2 rings (SSSR count). The van der Waals surface area contributed by atoms with Crippen molar-refractivity contribution < 1.29 is 4.74 Å². The molecule has 0 bridgehead atoms. The Kier molecular flexibility index (Phi) is 4.45. The smallest absolute Gasteiger partial charge is 0.0469 e. The molecule has 2 nitrogen and oxygen atoms in total. The van der Waals surface area contributed by atoms with Crippen molar-refractivity contribution in [1.82, 2.24) is 5.32 Å². The predicted molar refractivity (Wildman–Crippen MR) is 63.0 cm³/mol. The van der Waals surface area contributed by atoms with E-state index in [1.807, 2.05) is 0 Å². The molecule has 1 saturated carbocycles. The van der Waals surface area contributed by atoms with Crippen molar-refractivity contribution in [1.29, 1.82) is 0 Å². The zero-order chi connectivity index (χ0) is 10.5. The topological polar surface area (TPSA) is 21.3 Å². The fraction of sp³-hybridized carbons (Fsp3) is 1.00. The zero-order valence-corrected chi connectivity index (χ0v) is 10.0. The average Bonchev–Trinajstić information content (AvgIpc) is 2.22. The van der Waals surface area contributed by atoms with Gasteiger partial charge in [0.2, 0.25) is 0 Å². The van der Waals surface area contributed by atoms with Crippen LogP contribution in [0.15, 0.2) is 0 Å². The van der Waals surface area contributed by atoms with E-state index >= 15 is 0 Å². The minimum atomic E-state index is 0.794. The lowest BCUT2D eigenvalue weighted by Crippen LogP contribution is -2.46. The first-order valence-corrected chi connectivity index (χ1v) is 6.73. The first kappa shape index (κ1) is 11.4. The third-order valence-corrected chi connectivity index (χ3v) is 4.06. The second kappa shape index (κ2) is 5.86. The molecule has 0 aromatic heterocycles. The third-order valence-electron chi connectivity index (χ3n) is 4.06. The molecular formula is C13H25NO. The lowest BCUT2D eigenvalue weighted by molar-refractivity contribution is 0.0353. The summed E-state index contributed by atoms with van der Waals surface area (Å²) in [5.41, 5.74) is 0. The Hall–Kier alpha value is -0.0800. The van der Waals surface area contributed by atoms with Crippen LogP contribution in [0.25, 0.3) is 0 Å². The van der Waals surface area contributed by atoms with Gasteiger partial charge in [0.15, 0.2) is 0 Å². The molecule has 1 aliphatic carbocycles. The van der Waals surface area contributed by atoms with Gasteiger partial charge in [0, 0.05) is 19.3 Å². The van der Waals surface area contributed by atoms with Gasteiger partial charge in [0.1, 0.15) is 0 Å². The van der Waals surface area contributed by atoms with Crippen molar-refractivity contribution in [3.8, 4) is 0 Å². The largest absolute Gasteiger partial charge is 0.381 e. The SMILES string of the molecule is CCCNC(C1CCC1)C1CCOCC1. The summed E-state index contributed by atoms with van der Waals surface area (Å²) < 4.78 is 5.46. The Balaban J connectivity index is 1.84. The van der Waals surface area contributed by atoms with Crippen LogP contribution in [-0.2, 0) is 4.74 Å². The summed E-state index contributed by atoms with van der Waals surface area (Å²) in [6.07, 6.45) is 8.18. The number of hydrogen-bond donors (Lipinski definition) is 1. The van der Waals surface area contributed by atoms with Crippen LogP contribution >= 0.6 is 0 Å². The fourth-order valence-electron chi connectivity index (χ4n) is 2.90. The minimum Gasteiger partial charge on any atom is -0.381 e. The van der Waals surface area contributed by atoms with Crippen LogP contribution in [0.5, 0.6) is 0 Å².